The third-order valence-electron chi connectivity index (χ3n) is 6.82. The zero-order valence-corrected chi connectivity index (χ0v) is 17.6. The van der Waals surface area contributed by atoms with Crippen molar-refractivity contribution in [3.63, 3.8) is 0 Å². The molecule has 1 saturated heterocycles. The Balaban J connectivity index is 1.42. The van der Waals surface area contributed by atoms with E-state index in [0.717, 1.165) is 55.5 Å². The zero-order valence-electron chi connectivity index (χ0n) is 17.6. The van der Waals surface area contributed by atoms with Crippen molar-refractivity contribution in [3.8, 4) is 0 Å². The van der Waals surface area contributed by atoms with E-state index in [1.807, 2.05) is 30.5 Å². The Bertz CT molecular complexity index is 1060. The lowest BCUT2D eigenvalue weighted by molar-refractivity contribution is 0.0547. The number of fused-ring (bicyclic) bond motifs is 4. The molecule has 154 valence electrons. The molecule has 30 heavy (non-hydrogen) atoms. The topological polar surface area (TPSA) is 53.0 Å². The lowest BCUT2D eigenvalue weighted by atomic mass is 9.73. The summed E-state index contributed by atoms with van der Waals surface area (Å²) in [7, 11) is 3.57. The Morgan fingerprint density at radius 1 is 1.03 bits per heavy atom. The van der Waals surface area contributed by atoms with Gasteiger partial charge in [0.1, 0.15) is 0 Å². The van der Waals surface area contributed by atoms with Crippen molar-refractivity contribution < 1.29 is 9.59 Å². The van der Waals surface area contributed by atoms with Gasteiger partial charge in [-0.3, -0.25) is 14.6 Å². The molecule has 1 fully saturated rings. The fourth-order valence-corrected chi connectivity index (χ4v) is 5.31. The third kappa shape index (κ3) is 3.13. The van der Waals surface area contributed by atoms with Crippen LogP contribution in [0.1, 0.15) is 62.6 Å². The molecule has 2 amide bonds. The van der Waals surface area contributed by atoms with E-state index in [1.54, 1.807) is 19.0 Å². The highest BCUT2D eigenvalue weighted by Crippen LogP contribution is 2.41. The second kappa shape index (κ2) is 7.38. The molecule has 0 bridgehead atoms. The van der Waals surface area contributed by atoms with Crippen LogP contribution in [-0.4, -0.2) is 54.5 Å². The van der Waals surface area contributed by atoms with Crippen LogP contribution in [0.2, 0.25) is 0 Å². The standard InChI is InChI=1S/C25H27N3O2/c1-27(2)24(29)18-7-9-20-17(14-18)8-10-23-21(20)4-3-13-28(23)25(30)19-6-5-16-11-12-26-22(16)15-19/h5-7,9,12,14-15,21,23H,3-4,8,10-11,13H2,1-2H3/t21?,23-/m0/s1. The van der Waals surface area contributed by atoms with Crippen LogP contribution in [0, 0.1) is 0 Å². The highest BCUT2D eigenvalue weighted by molar-refractivity contribution is 5.96. The molecule has 5 nitrogen and oxygen atoms in total. The Hall–Kier alpha value is -2.95. The zero-order chi connectivity index (χ0) is 20.8. The monoisotopic (exact) mass is 401 g/mol. The van der Waals surface area contributed by atoms with Gasteiger partial charge in [0.2, 0.25) is 0 Å². The lowest BCUT2D eigenvalue weighted by Gasteiger charge is -2.45. The van der Waals surface area contributed by atoms with E-state index >= 15 is 0 Å². The lowest BCUT2D eigenvalue weighted by Crippen LogP contribution is -2.49. The maximum absolute atomic E-state index is 13.4. The number of rotatable bonds is 2. The van der Waals surface area contributed by atoms with Crippen LogP contribution in [0.3, 0.4) is 0 Å². The van der Waals surface area contributed by atoms with Crippen LogP contribution >= 0.6 is 0 Å². The van der Waals surface area contributed by atoms with Crippen molar-refractivity contribution in [1.82, 2.24) is 9.80 Å². The molecule has 0 spiro atoms. The fourth-order valence-electron chi connectivity index (χ4n) is 5.31. The molecule has 2 heterocycles. The van der Waals surface area contributed by atoms with Gasteiger partial charge < -0.3 is 9.80 Å². The molecule has 2 aromatic carbocycles. The van der Waals surface area contributed by atoms with E-state index in [1.165, 1.54) is 16.7 Å². The number of aryl methyl sites for hydroxylation is 1. The Kier molecular flexibility index (Phi) is 4.69. The summed E-state index contributed by atoms with van der Waals surface area (Å²) < 4.78 is 0. The average Bonchev–Trinajstić information content (AvgIpc) is 3.25. The summed E-state index contributed by atoms with van der Waals surface area (Å²) in [6.45, 7) is 0.812. The van der Waals surface area contributed by atoms with E-state index in [0.29, 0.717) is 5.92 Å². The second-order valence-electron chi connectivity index (χ2n) is 8.83. The van der Waals surface area contributed by atoms with Crippen molar-refractivity contribution in [3.05, 3.63) is 64.2 Å². The highest BCUT2D eigenvalue weighted by atomic mass is 16.2. The molecular formula is C25H27N3O2. The van der Waals surface area contributed by atoms with Gasteiger partial charge in [-0.1, -0.05) is 12.1 Å². The number of likely N-dealkylation sites (tertiary alicyclic amines) is 1. The molecule has 5 rings (SSSR count). The number of benzene rings is 2. The van der Waals surface area contributed by atoms with Crippen molar-refractivity contribution in [1.29, 1.82) is 0 Å². The fraction of sp³-hybridized carbons (Fsp3) is 0.400. The van der Waals surface area contributed by atoms with E-state index in [4.69, 9.17) is 0 Å². The van der Waals surface area contributed by atoms with Gasteiger partial charge in [-0.05, 0) is 66.6 Å². The molecule has 2 atom stereocenters. The predicted molar refractivity (Wildman–Crippen MR) is 118 cm³/mol. The minimum Gasteiger partial charge on any atom is -0.345 e. The number of piperidine rings is 1. The summed E-state index contributed by atoms with van der Waals surface area (Å²) in [4.78, 5) is 33.9. The number of nitrogens with zero attached hydrogens (tertiary/aromatic N) is 3. The summed E-state index contributed by atoms with van der Waals surface area (Å²) in [5.74, 6) is 0.513. The van der Waals surface area contributed by atoms with Gasteiger partial charge in [0.15, 0.2) is 0 Å². The number of amides is 2. The summed E-state index contributed by atoms with van der Waals surface area (Å²) in [6, 6.07) is 12.3. The van der Waals surface area contributed by atoms with Gasteiger partial charge >= 0.3 is 0 Å². The first-order valence-corrected chi connectivity index (χ1v) is 10.8. The normalized spacial score (nSPS) is 21.6. The Morgan fingerprint density at radius 3 is 2.70 bits per heavy atom. The summed E-state index contributed by atoms with van der Waals surface area (Å²) >= 11 is 0. The molecule has 0 aromatic heterocycles. The van der Waals surface area contributed by atoms with Gasteiger partial charge in [0.25, 0.3) is 11.8 Å². The van der Waals surface area contributed by atoms with Gasteiger partial charge in [-0.15, -0.1) is 0 Å². The van der Waals surface area contributed by atoms with E-state index in [-0.39, 0.29) is 17.9 Å². The summed E-state index contributed by atoms with van der Waals surface area (Å²) in [5, 5.41) is 0. The number of hydrogen-bond donors (Lipinski definition) is 0. The van der Waals surface area contributed by atoms with Crippen LogP contribution in [0.25, 0.3) is 0 Å². The number of hydrogen-bond acceptors (Lipinski definition) is 3. The highest BCUT2D eigenvalue weighted by Gasteiger charge is 2.39. The molecule has 2 aromatic rings. The average molecular weight is 402 g/mol. The first kappa shape index (κ1) is 19.0. The van der Waals surface area contributed by atoms with Crippen LogP contribution in [0.5, 0.6) is 0 Å². The summed E-state index contributed by atoms with van der Waals surface area (Å²) in [5.41, 5.74) is 6.20. The SMILES string of the molecule is CN(C)C(=O)c1ccc2c(c1)CC[C@H]1C2CCCN1C(=O)c1ccc2c(c1)N=CC2. The first-order valence-electron chi connectivity index (χ1n) is 10.8. The molecule has 0 N–H and O–H groups in total. The van der Waals surface area contributed by atoms with Crippen LogP contribution < -0.4 is 0 Å². The van der Waals surface area contributed by atoms with E-state index in [2.05, 4.69) is 22.0 Å². The van der Waals surface area contributed by atoms with E-state index < -0.39 is 0 Å². The quantitative estimate of drug-likeness (QED) is 0.764. The van der Waals surface area contributed by atoms with Crippen molar-refractivity contribution in [2.45, 2.75) is 44.1 Å². The molecule has 3 aliphatic rings. The third-order valence-corrected chi connectivity index (χ3v) is 6.82. The van der Waals surface area contributed by atoms with Gasteiger partial charge in [0, 0.05) is 56.4 Å². The predicted octanol–water partition coefficient (Wildman–Crippen LogP) is 3.98. The number of aliphatic imine (C=N–C) groups is 1. The number of carbonyl (C=O) groups excluding carboxylic acids is 2. The largest absolute Gasteiger partial charge is 0.345 e. The van der Waals surface area contributed by atoms with Gasteiger partial charge in [-0.25, -0.2) is 0 Å². The van der Waals surface area contributed by atoms with Gasteiger partial charge in [0.05, 0.1) is 5.69 Å². The molecule has 1 unspecified atom stereocenters. The summed E-state index contributed by atoms with van der Waals surface area (Å²) in [6.07, 6.45) is 6.72. The minimum absolute atomic E-state index is 0.0413. The van der Waals surface area contributed by atoms with Crippen LogP contribution in [0.4, 0.5) is 5.69 Å². The maximum Gasteiger partial charge on any atom is 0.254 e. The number of carbonyl (C=O) groups is 2. The Labute approximate surface area is 177 Å². The maximum atomic E-state index is 13.4. The van der Waals surface area contributed by atoms with Crippen LogP contribution in [-0.2, 0) is 12.8 Å². The molecular weight excluding hydrogens is 374 g/mol. The molecule has 1 aliphatic carbocycles. The minimum atomic E-state index is 0.0413. The molecule has 5 heteroatoms. The molecule has 0 radical (unpaired) electrons. The first-order chi connectivity index (χ1) is 14.5. The molecule has 0 saturated carbocycles. The van der Waals surface area contributed by atoms with Crippen LogP contribution in [0.15, 0.2) is 41.4 Å². The van der Waals surface area contributed by atoms with Crippen molar-refractivity contribution in [2.24, 2.45) is 4.99 Å². The van der Waals surface area contributed by atoms with Crippen molar-refractivity contribution >= 4 is 23.7 Å². The second-order valence-corrected chi connectivity index (χ2v) is 8.83. The van der Waals surface area contributed by atoms with E-state index in [9.17, 15) is 9.59 Å². The molecule has 2 aliphatic heterocycles. The van der Waals surface area contributed by atoms with Gasteiger partial charge in [-0.2, -0.15) is 0 Å². The Morgan fingerprint density at radius 2 is 1.87 bits per heavy atom. The smallest absolute Gasteiger partial charge is 0.254 e. The van der Waals surface area contributed by atoms with Crippen molar-refractivity contribution in [2.75, 3.05) is 20.6 Å².